The van der Waals surface area contributed by atoms with Crippen LogP contribution in [-0.4, -0.2) is 16.8 Å². The van der Waals surface area contributed by atoms with Crippen molar-refractivity contribution in [2.24, 2.45) is 0 Å². The number of rotatable bonds is 3. The molecule has 1 atom stereocenters. The second-order valence-corrected chi connectivity index (χ2v) is 5.28. The number of benzene rings is 1. The standard InChI is InChI=1S/C14H21NO3/c1-10(16)12-7-5-6-11(8-12)9-15-13(17)18-14(2,3)4/h5-8,10,16H,9H2,1-4H3,(H,15,17)/t10-/m0/s1. The van der Waals surface area contributed by atoms with Crippen LogP contribution in [-0.2, 0) is 11.3 Å². The molecular weight excluding hydrogens is 230 g/mol. The maximum Gasteiger partial charge on any atom is 0.407 e. The van der Waals surface area contributed by atoms with Crippen LogP contribution < -0.4 is 5.32 Å². The third-order valence-corrected chi connectivity index (χ3v) is 2.27. The number of hydrogen-bond donors (Lipinski definition) is 2. The van der Waals surface area contributed by atoms with Crippen molar-refractivity contribution >= 4 is 6.09 Å². The van der Waals surface area contributed by atoms with Crippen LogP contribution in [0.15, 0.2) is 24.3 Å². The highest BCUT2D eigenvalue weighted by atomic mass is 16.6. The summed E-state index contributed by atoms with van der Waals surface area (Å²) < 4.78 is 5.14. The van der Waals surface area contributed by atoms with Gasteiger partial charge in [-0.3, -0.25) is 0 Å². The van der Waals surface area contributed by atoms with Crippen LogP contribution >= 0.6 is 0 Å². The minimum atomic E-state index is -0.508. The molecule has 0 aliphatic heterocycles. The van der Waals surface area contributed by atoms with Gasteiger partial charge in [0, 0.05) is 6.54 Å². The fraction of sp³-hybridized carbons (Fsp3) is 0.500. The Labute approximate surface area is 108 Å². The minimum Gasteiger partial charge on any atom is -0.444 e. The monoisotopic (exact) mass is 251 g/mol. The Balaban J connectivity index is 2.53. The van der Waals surface area contributed by atoms with E-state index in [1.807, 2.05) is 45.0 Å². The Morgan fingerprint density at radius 3 is 2.67 bits per heavy atom. The van der Waals surface area contributed by atoms with Crippen molar-refractivity contribution in [2.75, 3.05) is 0 Å². The van der Waals surface area contributed by atoms with Gasteiger partial charge < -0.3 is 15.2 Å². The molecule has 18 heavy (non-hydrogen) atoms. The molecule has 1 amide bonds. The summed E-state index contributed by atoms with van der Waals surface area (Å²) in [6, 6.07) is 7.46. The lowest BCUT2D eigenvalue weighted by Crippen LogP contribution is -2.32. The molecule has 2 N–H and O–H groups in total. The molecule has 0 bridgehead atoms. The summed E-state index contributed by atoms with van der Waals surface area (Å²) in [4.78, 5) is 11.5. The fourth-order valence-electron chi connectivity index (χ4n) is 1.45. The van der Waals surface area contributed by atoms with E-state index < -0.39 is 17.8 Å². The Morgan fingerprint density at radius 1 is 1.44 bits per heavy atom. The lowest BCUT2D eigenvalue weighted by Gasteiger charge is -2.19. The number of carbonyl (C=O) groups excluding carboxylic acids is 1. The number of hydrogen-bond acceptors (Lipinski definition) is 3. The van der Waals surface area contributed by atoms with Gasteiger partial charge in [-0.25, -0.2) is 4.79 Å². The Bertz CT molecular complexity index is 408. The number of carbonyl (C=O) groups is 1. The van der Waals surface area contributed by atoms with Crippen LogP contribution in [0.3, 0.4) is 0 Å². The molecule has 4 nitrogen and oxygen atoms in total. The summed E-state index contributed by atoms with van der Waals surface area (Å²) in [7, 11) is 0. The second kappa shape index (κ2) is 5.87. The molecule has 0 radical (unpaired) electrons. The van der Waals surface area contributed by atoms with Crippen molar-refractivity contribution in [1.29, 1.82) is 0 Å². The van der Waals surface area contributed by atoms with Crippen molar-refractivity contribution in [3.05, 3.63) is 35.4 Å². The van der Waals surface area contributed by atoms with E-state index >= 15 is 0 Å². The quantitative estimate of drug-likeness (QED) is 0.868. The van der Waals surface area contributed by atoms with Crippen LogP contribution in [0, 0.1) is 0 Å². The zero-order valence-corrected chi connectivity index (χ0v) is 11.4. The first-order valence-electron chi connectivity index (χ1n) is 6.02. The van der Waals surface area contributed by atoms with Gasteiger partial charge in [0.1, 0.15) is 5.60 Å². The Hall–Kier alpha value is -1.55. The average Bonchev–Trinajstić information content (AvgIpc) is 2.24. The van der Waals surface area contributed by atoms with E-state index in [4.69, 9.17) is 4.74 Å². The lowest BCUT2D eigenvalue weighted by atomic mass is 10.1. The van der Waals surface area contributed by atoms with E-state index in [2.05, 4.69) is 5.32 Å². The molecular formula is C14H21NO3. The third-order valence-electron chi connectivity index (χ3n) is 2.27. The van der Waals surface area contributed by atoms with Crippen molar-refractivity contribution in [3.63, 3.8) is 0 Å². The van der Waals surface area contributed by atoms with E-state index in [0.717, 1.165) is 11.1 Å². The van der Waals surface area contributed by atoms with E-state index in [1.54, 1.807) is 6.92 Å². The zero-order chi connectivity index (χ0) is 13.8. The molecule has 0 fully saturated rings. The number of alkyl carbamates (subject to hydrolysis) is 1. The molecule has 0 aliphatic rings. The second-order valence-electron chi connectivity index (χ2n) is 5.28. The first kappa shape index (κ1) is 14.5. The first-order valence-corrected chi connectivity index (χ1v) is 6.02. The van der Waals surface area contributed by atoms with Crippen molar-refractivity contribution < 1.29 is 14.6 Å². The molecule has 1 aromatic carbocycles. The van der Waals surface area contributed by atoms with Gasteiger partial charge in [-0.05, 0) is 38.8 Å². The van der Waals surface area contributed by atoms with Crippen molar-refractivity contribution in [1.82, 2.24) is 5.32 Å². The molecule has 1 rings (SSSR count). The molecule has 1 aromatic rings. The number of ether oxygens (including phenoxy) is 1. The molecule has 0 aromatic heterocycles. The van der Waals surface area contributed by atoms with E-state index in [0.29, 0.717) is 6.54 Å². The van der Waals surface area contributed by atoms with Crippen LogP contribution in [0.5, 0.6) is 0 Å². The van der Waals surface area contributed by atoms with Gasteiger partial charge >= 0.3 is 6.09 Å². The molecule has 0 saturated heterocycles. The highest BCUT2D eigenvalue weighted by Crippen LogP contribution is 2.13. The summed E-state index contributed by atoms with van der Waals surface area (Å²) in [5.74, 6) is 0. The first-order chi connectivity index (χ1) is 8.28. The molecule has 0 spiro atoms. The Morgan fingerprint density at radius 2 is 2.11 bits per heavy atom. The molecule has 0 saturated carbocycles. The van der Waals surface area contributed by atoms with Crippen LogP contribution in [0.1, 0.15) is 44.9 Å². The zero-order valence-electron chi connectivity index (χ0n) is 11.4. The largest absolute Gasteiger partial charge is 0.444 e. The molecule has 100 valence electrons. The van der Waals surface area contributed by atoms with E-state index in [1.165, 1.54) is 0 Å². The number of amides is 1. The molecule has 0 unspecified atom stereocenters. The van der Waals surface area contributed by atoms with Crippen LogP contribution in [0.4, 0.5) is 4.79 Å². The van der Waals surface area contributed by atoms with Gasteiger partial charge in [0.05, 0.1) is 6.10 Å². The predicted octanol–water partition coefficient (Wildman–Crippen LogP) is 2.76. The number of aliphatic hydroxyl groups is 1. The minimum absolute atomic E-state index is 0.384. The summed E-state index contributed by atoms with van der Waals surface area (Å²) in [5.41, 5.74) is 1.27. The maximum absolute atomic E-state index is 11.5. The van der Waals surface area contributed by atoms with Gasteiger partial charge in [-0.15, -0.1) is 0 Å². The van der Waals surface area contributed by atoms with Gasteiger partial charge in [0.25, 0.3) is 0 Å². The smallest absolute Gasteiger partial charge is 0.407 e. The number of aliphatic hydroxyl groups excluding tert-OH is 1. The van der Waals surface area contributed by atoms with Crippen molar-refractivity contribution in [3.8, 4) is 0 Å². The van der Waals surface area contributed by atoms with Gasteiger partial charge in [-0.1, -0.05) is 24.3 Å². The highest BCUT2D eigenvalue weighted by molar-refractivity contribution is 5.67. The number of nitrogens with one attached hydrogen (secondary N) is 1. The summed E-state index contributed by atoms with van der Waals surface area (Å²) in [6.45, 7) is 7.55. The average molecular weight is 251 g/mol. The van der Waals surface area contributed by atoms with E-state index in [9.17, 15) is 9.90 Å². The van der Waals surface area contributed by atoms with Crippen molar-refractivity contribution in [2.45, 2.75) is 45.9 Å². The highest BCUT2D eigenvalue weighted by Gasteiger charge is 2.15. The lowest BCUT2D eigenvalue weighted by molar-refractivity contribution is 0.0523. The van der Waals surface area contributed by atoms with Crippen LogP contribution in [0.2, 0.25) is 0 Å². The topological polar surface area (TPSA) is 58.6 Å². The van der Waals surface area contributed by atoms with E-state index in [-0.39, 0.29) is 0 Å². The van der Waals surface area contributed by atoms with Crippen LogP contribution in [0.25, 0.3) is 0 Å². The van der Waals surface area contributed by atoms with Gasteiger partial charge in [0.15, 0.2) is 0 Å². The molecule has 0 aliphatic carbocycles. The van der Waals surface area contributed by atoms with Gasteiger partial charge in [-0.2, -0.15) is 0 Å². The summed E-state index contributed by atoms with van der Waals surface area (Å²) in [6.07, 6.45) is -0.948. The molecule has 0 heterocycles. The third kappa shape index (κ3) is 5.19. The summed E-state index contributed by atoms with van der Waals surface area (Å²) >= 11 is 0. The maximum atomic E-state index is 11.5. The normalized spacial score (nSPS) is 12.9. The predicted molar refractivity (Wildman–Crippen MR) is 70.1 cm³/mol. The fourth-order valence-corrected chi connectivity index (χ4v) is 1.45. The van der Waals surface area contributed by atoms with Gasteiger partial charge in [0.2, 0.25) is 0 Å². The summed E-state index contributed by atoms with van der Waals surface area (Å²) in [5, 5.41) is 12.1. The SMILES string of the molecule is C[C@H](O)c1cccc(CNC(=O)OC(C)(C)C)c1. The molecule has 4 heteroatoms. The Kier molecular flexibility index (Phi) is 4.73.